The summed E-state index contributed by atoms with van der Waals surface area (Å²) in [6, 6.07) is 5.83. The third kappa shape index (κ3) is 2.09. The van der Waals surface area contributed by atoms with Crippen LogP contribution in [0, 0.1) is 11.3 Å². The van der Waals surface area contributed by atoms with E-state index < -0.39 is 0 Å². The van der Waals surface area contributed by atoms with Crippen LogP contribution in [0.2, 0.25) is 0 Å². The molecule has 15 heavy (non-hydrogen) atoms. The van der Waals surface area contributed by atoms with Crippen LogP contribution in [0.5, 0.6) is 0 Å². The summed E-state index contributed by atoms with van der Waals surface area (Å²) in [7, 11) is 0. The van der Waals surface area contributed by atoms with Crippen LogP contribution in [-0.2, 0) is 0 Å². The van der Waals surface area contributed by atoms with Gasteiger partial charge in [0.25, 0.3) is 0 Å². The van der Waals surface area contributed by atoms with Crippen molar-refractivity contribution in [1.29, 1.82) is 5.26 Å². The molecule has 2 heterocycles. The lowest BCUT2D eigenvalue weighted by Gasteiger charge is -1.99. The molecule has 0 bridgehead atoms. The van der Waals surface area contributed by atoms with E-state index in [1.165, 1.54) is 11.5 Å². The molecule has 0 aromatic carbocycles. The zero-order valence-corrected chi connectivity index (χ0v) is 11.2. The van der Waals surface area contributed by atoms with E-state index in [0.29, 0.717) is 9.48 Å². The Labute approximate surface area is 107 Å². The fraction of sp³-hybridized carbons (Fsp3) is 0. The minimum Gasteiger partial charge on any atom is -0.249 e. The van der Waals surface area contributed by atoms with Crippen LogP contribution >= 0.6 is 43.4 Å². The number of nitriles is 1. The van der Waals surface area contributed by atoms with Gasteiger partial charge in [-0.1, -0.05) is 0 Å². The van der Waals surface area contributed by atoms with Crippen molar-refractivity contribution in [2.75, 3.05) is 0 Å². The van der Waals surface area contributed by atoms with Crippen molar-refractivity contribution in [3.8, 4) is 17.2 Å². The highest BCUT2D eigenvalue weighted by molar-refractivity contribution is 9.10. The number of nitrogens with zero attached hydrogens (tertiary/aromatic N) is 3. The molecule has 0 aliphatic heterocycles. The Morgan fingerprint density at radius 1 is 1.40 bits per heavy atom. The van der Waals surface area contributed by atoms with E-state index in [9.17, 15) is 0 Å². The smallest absolute Gasteiger partial charge is 0.134 e. The fourth-order valence-corrected chi connectivity index (χ4v) is 2.90. The summed E-state index contributed by atoms with van der Waals surface area (Å²) >= 11 is 7.81. The second-order valence-corrected chi connectivity index (χ2v) is 4.99. The molecule has 0 amide bonds. The van der Waals surface area contributed by atoms with E-state index in [1.54, 1.807) is 6.20 Å². The molecule has 0 atom stereocenters. The highest BCUT2D eigenvalue weighted by Crippen LogP contribution is 2.33. The van der Waals surface area contributed by atoms with Gasteiger partial charge in [-0.3, -0.25) is 0 Å². The summed E-state index contributed by atoms with van der Waals surface area (Å²) < 4.78 is 5.53. The minimum absolute atomic E-state index is 0.597. The molecule has 74 valence electrons. The number of aromatic nitrogens is 2. The van der Waals surface area contributed by atoms with Crippen LogP contribution in [0.25, 0.3) is 11.1 Å². The van der Waals surface area contributed by atoms with Gasteiger partial charge in [0.15, 0.2) is 0 Å². The second-order valence-electron chi connectivity index (χ2n) is 2.66. The molecular weight excluding hydrogens is 342 g/mol. The number of pyridine rings is 1. The third-order valence-electron chi connectivity index (χ3n) is 1.77. The number of hydrogen-bond acceptors (Lipinski definition) is 4. The predicted octanol–water partition coefficient (Wildman–Crippen LogP) is 3.60. The Bertz CT molecular complexity index is 545. The molecule has 0 fully saturated rings. The molecule has 6 heteroatoms. The predicted molar refractivity (Wildman–Crippen MR) is 65.5 cm³/mol. The summed E-state index contributed by atoms with van der Waals surface area (Å²) in [6.45, 7) is 0. The molecule has 0 spiro atoms. The summed E-state index contributed by atoms with van der Waals surface area (Å²) in [5.41, 5.74) is 1.75. The molecule has 0 radical (unpaired) electrons. The van der Waals surface area contributed by atoms with Gasteiger partial charge in [-0.15, -0.1) is 0 Å². The van der Waals surface area contributed by atoms with Gasteiger partial charge < -0.3 is 0 Å². The molecule has 2 rings (SSSR count). The molecule has 0 N–H and O–H groups in total. The zero-order chi connectivity index (χ0) is 10.8. The average Bonchev–Trinajstić information content (AvgIpc) is 2.59. The Morgan fingerprint density at radius 3 is 2.87 bits per heavy atom. The largest absolute Gasteiger partial charge is 0.249 e. The van der Waals surface area contributed by atoms with Crippen molar-refractivity contribution in [2.24, 2.45) is 0 Å². The Balaban J connectivity index is 2.64. The molecule has 2 aromatic heterocycles. The molecule has 2 aromatic rings. The van der Waals surface area contributed by atoms with Crippen LogP contribution in [-0.4, -0.2) is 9.36 Å². The van der Waals surface area contributed by atoms with Gasteiger partial charge in [-0.25, -0.2) is 4.98 Å². The van der Waals surface area contributed by atoms with Crippen molar-refractivity contribution >= 4 is 43.4 Å². The summed E-state index contributed by atoms with van der Waals surface area (Å²) in [4.78, 5) is 4.63. The standard InChI is InChI=1S/C9H3Br2N3S/c10-7-3-5(1-2-13-7)8-6(4-12)15-14-9(8)11/h1-3H. The quantitative estimate of drug-likeness (QED) is 0.742. The Kier molecular flexibility index (Phi) is 3.14. The molecule has 0 aliphatic carbocycles. The van der Waals surface area contributed by atoms with Crippen molar-refractivity contribution in [2.45, 2.75) is 0 Å². The summed E-state index contributed by atoms with van der Waals surface area (Å²) in [5, 5.41) is 8.93. The molecular formula is C9H3Br2N3S. The van der Waals surface area contributed by atoms with E-state index in [0.717, 1.165) is 15.7 Å². The monoisotopic (exact) mass is 343 g/mol. The number of hydrogen-bond donors (Lipinski definition) is 0. The highest BCUT2D eigenvalue weighted by Gasteiger charge is 2.13. The first-order valence-electron chi connectivity index (χ1n) is 3.89. The van der Waals surface area contributed by atoms with Crippen LogP contribution in [0.15, 0.2) is 27.5 Å². The molecule has 0 saturated heterocycles. The SMILES string of the molecule is N#Cc1snc(Br)c1-c1ccnc(Br)c1. The fourth-order valence-electron chi connectivity index (χ4n) is 1.16. The van der Waals surface area contributed by atoms with E-state index >= 15 is 0 Å². The van der Waals surface area contributed by atoms with Gasteiger partial charge in [0.05, 0.1) is 0 Å². The van der Waals surface area contributed by atoms with Crippen LogP contribution in [0.4, 0.5) is 0 Å². The van der Waals surface area contributed by atoms with Crippen molar-refractivity contribution < 1.29 is 0 Å². The van der Waals surface area contributed by atoms with Gasteiger partial charge in [-0.05, 0) is 61.1 Å². The van der Waals surface area contributed by atoms with Gasteiger partial charge in [0, 0.05) is 11.8 Å². The van der Waals surface area contributed by atoms with E-state index in [4.69, 9.17) is 5.26 Å². The average molecular weight is 345 g/mol. The van der Waals surface area contributed by atoms with Crippen molar-refractivity contribution in [1.82, 2.24) is 9.36 Å². The number of rotatable bonds is 1. The molecule has 0 aliphatic rings. The van der Waals surface area contributed by atoms with Crippen LogP contribution < -0.4 is 0 Å². The maximum Gasteiger partial charge on any atom is 0.134 e. The maximum atomic E-state index is 8.93. The van der Waals surface area contributed by atoms with Gasteiger partial charge in [0.1, 0.15) is 20.2 Å². The summed E-state index contributed by atoms with van der Waals surface area (Å²) in [6.07, 6.45) is 1.69. The Morgan fingerprint density at radius 2 is 2.20 bits per heavy atom. The first-order chi connectivity index (χ1) is 7.22. The molecule has 0 unspecified atom stereocenters. The van der Waals surface area contributed by atoms with Crippen molar-refractivity contribution in [3.05, 3.63) is 32.4 Å². The normalized spacial score (nSPS) is 9.93. The van der Waals surface area contributed by atoms with Gasteiger partial charge in [0.2, 0.25) is 0 Å². The second kappa shape index (κ2) is 4.39. The lowest BCUT2D eigenvalue weighted by molar-refractivity contribution is 1.28. The zero-order valence-electron chi connectivity index (χ0n) is 7.24. The highest BCUT2D eigenvalue weighted by atomic mass is 79.9. The lowest BCUT2D eigenvalue weighted by Crippen LogP contribution is -1.81. The lowest BCUT2D eigenvalue weighted by atomic mass is 10.1. The Hall–Kier alpha value is -0.770. The third-order valence-corrected chi connectivity index (χ3v) is 3.76. The van der Waals surface area contributed by atoms with Gasteiger partial charge >= 0.3 is 0 Å². The van der Waals surface area contributed by atoms with Crippen molar-refractivity contribution in [3.63, 3.8) is 0 Å². The van der Waals surface area contributed by atoms with Crippen LogP contribution in [0.1, 0.15) is 4.88 Å². The van der Waals surface area contributed by atoms with E-state index in [1.807, 2.05) is 12.1 Å². The first-order valence-corrected chi connectivity index (χ1v) is 6.25. The maximum absolute atomic E-state index is 8.93. The first kappa shape index (κ1) is 10.7. The van der Waals surface area contributed by atoms with E-state index in [2.05, 4.69) is 47.3 Å². The number of halogens is 2. The topological polar surface area (TPSA) is 49.6 Å². The minimum atomic E-state index is 0.597. The molecule has 3 nitrogen and oxygen atoms in total. The van der Waals surface area contributed by atoms with Gasteiger partial charge in [-0.2, -0.15) is 9.64 Å². The summed E-state index contributed by atoms with van der Waals surface area (Å²) in [5.74, 6) is 0. The van der Waals surface area contributed by atoms with E-state index in [-0.39, 0.29) is 0 Å². The van der Waals surface area contributed by atoms with Crippen LogP contribution in [0.3, 0.4) is 0 Å². The molecule has 0 saturated carbocycles.